The number of aryl methyl sites for hydroxylation is 1. The zero-order valence-electron chi connectivity index (χ0n) is 9.32. The molecule has 0 aliphatic carbocycles. The maximum Gasteiger partial charge on any atom is 0.233 e. The van der Waals surface area contributed by atoms with Crippen molar-refractivity contribution in [2.45, 2.75) is 13.3 Å². The van der Waals surface area contributed by atoms with E-state index in [1.807, 2.05) is 0 Å². The Morgan fingerprint density at radius 3 is 3.06 bits per heavy atom. The highest BCUT2D eigenvalue weighted by atomic mass is 16.5. The molecule has 2 N–H and O–H groups in total. The van der Waals surface area contributed by atoms with E-state index in [0.29, 0.717) is 31.2 Å². The van der Waals surface area contributed by atoms with E-state index in [4.69, 9.17) is 4.52 Å². The Morgan fingerprint density at radius 1 is 1.62 bits per heavy atom. The van der Waals surface area contributed by atoms with Gasteiger partial charge in [0.2, 0.25) is 11.8 Å². The lowest BCUT2D eigenvalue weighted by atomic mass is 10.4. The number of rotatable bonds is 7. The summed E-state index contributed by atoms with van der Waals surface area (Å²) in [5.74, 6) is 1.09. The maximum atomic E-state index is 11.2. The number of nitrogens with one attached hydrogen (secondary N) is 2. The van der Waals surface area contributed by atoms with E-state index >= 15 is 0 Å². The molecule has 0 aliphatic rings. The van der Waals surface area contributed by atoms with Crippen LogP contribution in [-0.4, -0.2) is 35.7 Å². The first-order valence-electron chi connectivity index (χ1n) is 5.10. The lowest BCUT2D eigenvalue weighted by Gasteiger charge is -2.03. The van der Waals surface area contributed by atoms with E-state index in [1.54, 1.807) is 13.0 Å². The van der Waals surface area contributed by atoms with Crippen molar-refractivity contribution in [3.8, 4) is 0 Å². The van der Waals surface area contributed by atoms with Crippen LogP contribution in [0.2, 0.25) is 0 Å². The van der Waals surface area contributed by atoms with Crippen molar-refractivity contribution in [2.24, 2.45) is 0 Å². The molecule has 88 valence electrons. The molecule has 0 spiro atoms. The van der Waals surface area contributed by atoms with Gasteiger partial charge in [-0.2, -0.15) is 4.98 Å². The fourth-order valence-corrected chi connectivity index (χ4v) is 1.10. The maximum absolute atomic E-state index is 11.2. The summed E-state index contributed by atoms with van der Waals surface area (Å²) in [4.78, 5) is 15.3. The first-order valence-corrected chi connectivity index (χ1v) is 5.10. The number of aromatic nitrogens is 2. The van der Waals surface area contributed by atoms with Gasteiger partial charge in [0.1, 0.15) is 0 Å². The molecule has 6 nitrogen and oxygen atoms in total. The Balaban J connectivity index is 2.10. The van der Waals surface area contributed by atoms with Crippen LogP contribution in [0.4, 0.5) is 0 Å². The highest BCUT2D eigenvalue weighted by Gasteiger charge is 2.03. The number of amides is 1. The van der Waals surface area contributed by atoms with Crippen LogP contribution >= 0.6 is 0 Å². The second kappa shape index (κ2) is 6.73. The standard InChI is InChI=1S/C10H16N4O2/c1-3-5-11-7-9(15)12-6-4-10-13-8(2)14-16-10/h3,11H,1,4-7H2,2H3,(H,12,15). The van der Waals surface area contributed by atoms with Crippen molar-refractivity contribution in [2.75, 3.05) is 19.6 Å². The molecular weight excluding hydrogens is 208 g/mol. The van der Waals surface area contributed by atoms with Crippen molar-refractivity contribution < 1.29 is 9.32 Å². The highest BCUT2D eigenvalue weighted by molar-refractivity contribution is 5.77. The summed E-state index contributed by atoms with van der Waals surface area (Å²) >= 11 is 0. The van der Waals surface area contributed by atoms with Crippen LogP contribution in [0.15, 0.2) is 17.2 Å². The summed E-state index contributed by atoms with van der Waals surface area (Å²) < 4.78 is 4.90. The van der Waals surface area contributed by atoms with E-state index in [1.165, 1.54) is 0 Å². The van der Waals surface area contributed by atoms with Crippen molar-refractivity contribution in [1.82, 2.24) is 20.8 Å². The molecule has 0 aliphatic heterocycles. The average molecular weight is 224 g/mol. The van der Waals surface area contributed by atoms with Crippen molar-refractivity contribution in [3.63, 3.8) is 0 Å². The highest BCUT2D eigenvalue weighted by Crippen LogP contribution is 1.95. The molecule has 0 bridgehead atoms. The van der Waals surface area contributed by atoms with E-state index in [2.05, 4.69) is 27.4 Å². The third kappa shape index (κ3) is 4.70. The molecule has 0 saturated carbocycles. The van der Waals surface area contributed by atoms with Crippen LogP contribution in [-0.2, 0) is 11.2 Å². The van der Waals surface area contributed by atoms with Gasteiger partial charge in [-0.15, -0.1) is 6.58 Å². The number of carbonyl (C=O) groups is 1. The van der Waals surface area contributed by atoms with Gasteiger partial charge in [0, 0.05) is 19.5 Å². The van der Waals surface area contributed by atoms with E-state index in [0.717, 1.165) is 0 Å². The van der Waals surface area contributed by atoms with E-state index in [-0.39, 0.29) is 12.5 Å². The summed E-state index contributed by atoms with van der Waals surface area (Å²) in [5, 5.41) is 9.29. The lowest BCUT2D eigenvalue weighted by molar-refractivity contribution is -0.120. The number of hydrogen-bond donors (Lipinski definition) is 2. The first-order chi connectivity index (χ1) is 7.72. The zero-order chi connectivity index (χ0) is 11.8. The minimum atomic E-state index is -0.0573. The molecule has 16 heavy (non-hydrogen) atoms. The Hall–Kier alpha value is -1.69. The Morgan fingerprint density at radius 2 is 2.44 bits per heavy atom. The molecule has 1 heterocycles. The van der Waals surface area contributed by atoms with Gasteiger partial charge in [-0.05, 0) is 6.92 Å². The van der Waals surface area contributed by atoms with Crippen molar-refractivity contribution in [3.05, 3.63) is 24.4 Å². The van der Waals surface area contributed by atoms with Crippen LogP contribution in [0.3, 0.4) is 0 Å². The second-order valence-electron chi connectivity index (χ2n) is 3.25. The molecule has 0 aromatic carbocycles. The van der Waals surface area contributed by atoms with Gasteiger partial charge in [0.15, 0.2) is 5.82 Å². The predicted octanol–water partition coefficient (Wildman–Crippen LogP) is -0.188. The quantitative estimate of drug-likeness (QED) is 0.496. The van der Waals surface area contributed by atoms with Gasteiger partial charge in [0.05, 0.1) is 6.54 Å². The van der Waals surface area contributed by atoms with Crippen LogP contribution in [0.1, 0.15) is 11.7 Å². The zero-order valence-corrected chi connectivity index (χ0v) is 9.32. The van der Waals surface area contributed by atoms with E-state index in [9.17, 15) is 4.79 Å². The summed E-state index contributed by atoms with van der Waals surface area (Å²) in [6.07, 6.45) is 2.25. The van der Waals surface area contributed by atoms with Crippen molar-refractivity contribution >= 4 is 5.91 Å². The summed E-state index contributed by atoms with van der Waals surface area (Å²) in [7, 11) is 0. The summed E-state index contributed by atoms with van der Waals surface area (Å²) in [6, 6.07) is 0. The molecule has 0 fully saturated rings. The smallest absolute Gasteiger partial charge is 0.233 e. The van der Waals surface area contributed by atoms with Crippen LogP contribution in [0.5, 0.6) is 0 Å². The molecule has 1 amide bonds. The summed E-state index contributed by atoms with van der Waals surface area (Å²) in [6.45, 7) is 6.70. The minimum Gasteiger partial charge on any atom is -0.354 e. The SMILES string of the molecule is C=CCNCC(=O)NCCc1nc(C)no1. The van der Waals surface area contributed by atoms with Crippen molar-refractivity contribution in [1.29, 1.82) is 0 Å². The van der Waals surface area contributed by atoms with Crippen LogP contribution in [0.25, 0.3) is 0 Å². The third-order valence-electron chi connectivity index (χ3n) is 1.80. The fraction of sp³-hybridized carbons (Fsp3) is 0.500. The molecule has 0 unspecified atom stereocenters. The normalized spacial score (nSPS) is 10.1. The Kier molecular flexibility index (Phi) is 5.21. The molecule has 6 heteroatoms. The van der Waals surface area contributed by atoms with Gasteiger partial charge in [-0.1, -0.05) is 11.2 Å². The first kappa shape index (κ1) is 12.4. The third-order valence-corrected chi connectivity index (χ3v) is 1.80. The molecule has 1 rings (SSSR count). The number of hydrogen-bond acceptors (Lipinski definition) is 5. The molecular formula is C10H16N4O2. The number of nitrogens with zero attached hydrogens (tertiary/aromatic N) is 2. The van der Waals surface area contributed by atoms with Crippen LogP contribution in [0, 0.1) is 6.92 Å². The topological polar surface area (TPSA) is 80.0 Å². The van der Waals surface area contributed by atoms with Gasteiger partial charge < -0.3 is 15.2 Å². The van der Waals surface area contributed by atoms with E-state index < -0.39 is 0 Å². The average Bonchev–Trinajstić information content (AvgIpc) is 2.65. The Labute approximate surface area is 94.1 Å². The Bertz CT molecular complexity index is 348. The minimum absolute atomic E-state index is 0.0573. The monoisotopic (exact) mass is 224 g/mol. The lowest BCUT2D eigenvalue weighted by Crippen LogP contribution is -2.35. The van der Waals surface area contributed by atoms with Gasteiger partial charge in [-0.25, -0.2) is 0 Å². The molecule has 1 aromatic rings. The van der Waals surface area contributed by atoms with Gasteiger partial charge in [-0.3, -0.25) is 4.79 Å². The van der Waals surface area contributed by atoms with Gasteiger partial charge >= 0.3 is 0 Å². The largest absolute Gasteiger partial charge is 0.354 e. The fourth-order valence-electron chi connectivity index (χ4n) is 1.10. The molecule has 1 aromatic heterocycles. The summed E-state index contributed by atoms with van der Waals surface area (Å²) in [5.41, 5.74) is 0. The predicted molar refractivity (Wildman–Crippen MR) is 58.8 cm³/mol. The molecule has 0 saturated heterocycles. The molecule has 0 radical (unpaired) electrons. The molecule has 0 atom stereocenters. The number of carbonyl (C=O) groups excluding carboxylic acids is 1. The van der Waals surface area contributed by atoms with Crippen LogP contribution < -0.4 is 10.6 Å². The second-order valence-corrected chi connectivity index (χ2v) is 3.25. The van der Waals surface area contributed by atoms with Gasteiger partial charge in [0.25, 0.3) is 0 Å².